The summed E-state index contributed by atoms with van der Waals surface area (Å²) in [6, 6.07) is 0. The second-order valence-electron chi connectivity index (χ2n) is 15.5. The first-order valence-corrected chi connectivity index (χ1v) is 23.3. The number of hydrogen-bond donors (Lipinski definition) is 4. The van der Waals surface area contributed by atoms with E-state index < -0.39 is 55.4 Å². The minimum atomic E-state index is -1.62. The first kappa shape index (κ1) is 55.6. The zero-order valence-electron chi connectivity index (χ0n) is 37.6. The van der Waals surface area contributed by atoms with E-state index in [0.29, 0.717) is 12.8 Å². The molecule has 0 saturated carbocycles. The topological polar surface area (TPSA) is 152 Å². The number of hydrogen-bond acceptors (Lipinski definition) is 10. The van der Waals surface area contributed by atoms with E-state index in [1.165, 1.54) is 44.9 Å². The highest BCUT2D eigenvalue weighted by Gasteiger charge is 2.44. The van der Waals surface area contributed by atoms with Crippen LogP contribution in [-0.4, -0.2) is 89.0 Å². The van der Waals surface area contributed by atoms with Crippen LogP contribution in [0.15, 0.2) is 97.2 Å². The van der Waals surface area contributed by atoms with Crippen molar-refractivity contribution in [3.05, 3.63) is 97.2 Å². The number of unbranched alkanes of at least 4 members (excludes halogenated alkanes) is 10. The predicted octanol–water partition coefficient (Wildman–Crippen LogP) is 10.3. The van der Waals surface area contributed by atoms with Gasteiger partial charge < -0.3 is 39.4 Å². The highest BCUT2D eigenvalue weighted by Crippen LogP contribution is 2.22. The van der Waals surface area contributed by atoms with Gasteiger partial charge in [-0.15, -0.1) is 0 Å². The van der Waals surface area contributed by atoms with Crippen LogP contribution >= 0.6 is 0 Å². The molecular formula is C51H82O10. The molecule has 0 aromatic rings. The van der Waals surface area contributed by atoms with Gasteiger partial charge in [0.1, 0.15) is 31.0 Å². The van der Waals surface area contributed by atoms with E-state index in [0.717, 1.165) is 70.6 Å². The lowest BCUT2D eigenvalue weighted by Gasteiger charge is -2.39. The smallest absolute Gasteiger partial charge is 0.306 e. The second kappa shape index (κ2) is 40.7. The molecule has 6 atom stereocenters. The summed E-state index contributed by atoms with van der Waals surface area (Å²) in [6.45, 7) is 3.19. The summed E-state index contributed by atoms with van der Waals surface area (Å²) in [5, 5.41) is 40.1. The van der Waals surface area contributed by atoms with Gasteiger partial charge in [0.05, 0.1) is 13.2 Å². The van der Waals surface area contributed by atoms with E-state index in [-0.39, 0.29) is 26.1 Å². The SMILES string of the molecule is CC/C=C\C/C=C\C/C=C\C/C=C\C/C=C\C/C=C\CCC(=O)OC(COC(=O)CCCCCCCCC/C=C\C/C=C\CCCCC)COC1OC(CO)C(O)C(O)C1O. The van der Waals surface area contributed by atoms with Gasteiger partial charge >= 0.3 is 11.9 Å². The zero-order valence-corrected chi connectivity index (χ0v) is 37.6. The molecule has 1 aliphatic heterocycles. The summed E-state index contributed by atoms with van der Waals surface area (Å²) < 4.78 is 22.1. The molecule has 4 N–H and O–H groups in total. The van der Waals surface area contributed by atoms with Crippen molar-refractivity contribution in [2.75, 3.05) is 19.8 Å². The Bertz CT molecular complexity index is 1310. The molecule has 1 aliphatic rings. The molecule has 1 saturated heterocycles. The third kappa shape index (κ3) is 32.0. The van der Waals surface area contributed by atoms with E-state index >= 15 is 0 Å². The Morgan fingerprint density at radius 3 is 1.52 bits per heavy atom. The number of rotatable bonds is 37. The highest BCUT2D eigenvalue weighted by molar-refractivity contribution is 5.70. The summed E-state index contributed by atoms with van der Waals surface area (Å²) in [4.78, 5) is 25.3. The van der Waals surface area contributed by atoms with Crippen LogP contribution in [-0.2, 0) is 28.5 Å². The van der Waals surface area contributed by atoms with Crippen LogP contribution in [0.4, 0.5) is 0 Å². The third-order valence-electron chi connectivity index (χ3n) is 9.97. The van der Waals surface area contributed by atoms with Gasteiger partial charge in [0.2, 0.25) is 0 Å². The van der Waals surface area contributed by atoms with Crippen LogP contribution in [0, 0.1) is 0 Å². The minimum absolute atomic E-state index is 0.0974. The molecule has 0 aliphatic carbocycles. The maximum Gasteiger partial charge on any atom is 0.306 e. The van der Waals surface area contributed by atoms with Crippen LogP contribution in [0.5, 0.6) is 0 Å². The molecule has 0 spiro atoms. The van der Waals surface area contributed by atoms with Crippen molar-refractivity contribution < 1.29 is 49.0 Å². The standard InChI is InChI=1S/C51H82O10/c1-3-5-7-9-11-13-15-17-19-21-22-24-26-28-30-32-34-36-38-40-47(54)60-44(43-59-51-50(57)49(56)48(55)45(41-52)61-51)42-58-46(53)39-37-35-33-31-29-27-25-23-20-18-16-14-12-10-8-6-4-2/h5,7,11-14,17-20,22,24,28,30,34,36,44-45,48-52,55-57H,3-4,6,8-10,15-16,21,23,25-27,29,31-33,35,37-43H2,1-2H3/b7-5-,13-11-,14-12-,19-17-,20-18-,24-22-,30-28-,36-34-. The van der Waals surface area contributed by atoms with Crippen molar-refractivity contribution in [3.63, 3.8) is 0 Å². The normalized spacial score (nSPS) is 20.7. The molecule has 1 heterocycles. The van der Waals surface area contributed by atoms with Gasteiger partial charge in [-0.25, -0.2) is 0 Å². The number of aliphatic hydroxyl groups is 4. The van der Waals surface area contributed by atoms with Gasteiger partial charge in [-0.3, -0.25) is 9.59 Å². The molecular weight excluding hydrogens is 773 g/mol. The molecule has 1 rings (SSSR count). The lowest BCUT2D eigenvalue weighted by Crippen LogP contribution is -2.59. The average Bonchev–Trinajstić information content (AvgIpc) is 3.26. The van der Waals surface area contributed by atoms with Crippen LogP contribution in [0.3, 0.4) is 0 Å². The first-order chi connectivity index (χ1) is 29.8. The predicted molar refractivity (Wildman–Crippen MR) is 247 cm³/mol. The van der Waals surface area contributed by atoms with Crippen LogP contribution in [0.25, 0.3) is 0 Å². The van der Waals surface area contributed by atoms with Crippen molar-refractivity contribution in [1.82, 2.24) is 0 Å². The van der Waals surface area contributed by atoms with Gasteiger partial charge in [0, 0.05) is 12.8 Å². The van der Waals surface area contributed by atoms with Gasteiger partial charge in [0.15, 0.2) is 12.4 Å². The fourth-order valence-electron chi connectivity index (χ4n) is 6.30. The maximum absolute atomic E-state index is 12.8. The Labute approximate surface area is 368 Å². The van der Waals surface area contributed by atoms with Crippen molar-refractivity contribution in [2.45, 2.75) is 192 Å². The number of carbonyl (C=O) groups is 2. The molecule has 0 aromatic carbocycles. The second-order valence-corrected chi connectivity index (χ2v) is 15.5. The molecule has 61 heavy (non-hydrogen) atoms. The number of carbonyl (C=O) groups excluding carboxylic acids is 2. The Kier molecular flexibility index (Phi) is 37.1. The molecule has 6 unspecified atom stereocenters. The van der Waals surface area contributed by atoms with Crippen LogP contribution in [0.1, 0.15) is 155 Å². The van der Waals surface area contributed by atoms with Gasteiger partial charge in [-0.1, -0.05) is 156 Å². The highest BCUT2D eigenvalue weighted by atomic mass is 16.7. The summed E-state index contributed by atoms with van der Waals surface area (Å²) in [5.41, 5.74) is 0. The van der Waals surface area contributed by atoms with E-state index in [9.17, 15) is 30.0 Å². The summed E-state index contributed by atoms with van der Waals surface area (Å²) >= 11 is 0. The Morgan fingerprint density at radius 2 is 1.00 bits per heavy atom. The maximum atomic E-state index is 12.8. The number of allylic oxidation sites excluding steroid dienone is 16. The van der Waals surface area contributed by atoms with Gasteiger partial charge in [-0.05, 0) is 83.5 Å². The van der Waals surface area contributed by atoms with E-state index in [1.54, 1.807) is 0 Å². The zero-order chi connectivity index (χ0) is 44.4. The van der Waals surface area contributed by atoms with Crippen LogP contribution < -0.4 is 0 Å². The number of esters is 2. The Hall–Kier alpha value is -3.38. The Morgan fingerprint density at radius 1 is 0.525 bits per heavy atom. The molecule has 0 aromatic heterocycles. The summed E-state index contributed by atoms with van der Waals surface area (Å²) in [5.74, 6) is -0.922. The number of aliphatic hydroxyl groups excluding tert-OH is 4. The fraction of sp³-hybridized carbons (Fsp3) is 0.647. The van der Waals surface area contributed by atoms with Crippen LogP contribution in [0.2, 0.25) is 0 Å². The van der Waals surface area contributed by atoms with Crippen molar-refractivity contribution >= 4 is 11.9 Å². The van der Waals surface area contributed by atoms with Gasteiger partial charge in [-0.2, -0.15) is 0 Å². The molecule has 0 amide bonds. The van der Waals surface area contributed by atoms with Crippen molar-refractivity contribution in [2.24, 2.45) is 0 Å². The van der Waals surface area contributed by atoms with E-state index in [4.69, 9.17) is 18.9 Å². The molecule has 1 fully saturated rings. The first-order valence-electron chi connectivity index (χ1n) is 23.3. The monoisotopic (exact) mass is 855 g/mol. The fourth-order valence-corrected chi connectivity index (χ4v) is 6.30. The lowest BCUT2D eigenvalue weighted by atomic mass is 9.99. The largest absolute Gasteiger partial charge is 0.462 e. The minimum Gasteiger partial charge on any atom is -0.462 e. The molecule has 0 radical (unpaired) electrons. The molecule has 0 bridgehead atoms. The van der Waals surface area contributed by atoms with E-state index in [1.807, 2.05) is 12.2 Å². The molecule has 346 valence electrons. The third-order valence-corrected chi connectivity index (χ3v) is 9.97. The quantitative estimate of drug-likeness (QED) is 0.0270. The summed E-state index contributed by atoms with van der Waals surface area (Å²) in [7, 11) is 0. The summed E-state index contributed by atoms with van der Waals surface area (Å²) in [6.07, 6.45) is 47.0. The van der Waals surface area contributed by atoms with E-state index in [2.05, 4.69) is 98.9 Å². The Balaban J connectivity index is 2.39. The average molecular weight is 855 g/mol. The van der Waals surface area contributed by atoms with Crippen molar-refractivity contribution in [1.29, 1.82) is 0 Å². The number of ether oxygens (including phenoxy) is 4. The molecule has 10 heteroatoms. The van der Waals surface area contributed by atoms with Gasteiger partial charge in [0.25, 0.3) is 0 Å². The lowest BCUT2D eigenvalue weighted by molar-refractivity contribution is -0.305. The molecule has 10 nitrogen and oxygen atoms in total. The van der Waals surface area contributed by atoms with Crippen molar-refractivity contribution in [3.8, 4) is 0 Å².